The maximum atomic E-state index is 13.9. The summed E-state index contributed by atoms with van der Waals surface area (Å²) in [6, 6.07) is 30.6. The number of fused-ring (bicyclic) bond motifs is 3. The quantitative estimate of drug-likeness (QED) is 0.400. The predicted octanol–water partition coefficient (Wildman–Crippen LogP) is 4.48. The van der Waals surface area contributed by atoms with Crippen molar-refractivity contribution >= 4 is 38.2 Å². The van der Waals surface area contributed by atoms with E-state index in [-0.39, 0.29) is 27.9 Å². The lowest BCUT2D eigenvalue weighted by atomic mass is 10.2. The number of sulfone groups is 1. The van der Waals surface area contributed by atoms with Crippen LogP contribution in [0.1, 0.15) is 5.56 Å². The summed E-state index contributed by atoms with van der Waals surface area (Å²) in [5.74, 6) is -0.328. The van der Waals surface area contributed by atoms with Crippen molar-refractivity contribution in [3.63, 3.8) is 0 Å². The van der Waals surface area contributed by atoms with Gasteiger partial charge >= 0.3 is 0 Å². The zero-order chi connectivity index (χ0) is 24.9. The molecule has 1 aliphatic heterocycles. The monoisotopic (exact) mass is 494 g/mol. The van der Waals surface area contributed by atoms with Gasteiger partial charge in [0.2, 0.25) is 15.5 Å². The van der Waals surface area contributed by atoms with Crippen LogP contribution in [-0.2, 0) is 27.7 Å². The molecule has 7 nitrogen and oxygen atoms in total. The zero-order valence-electron chi connectivity index (χ0n) is 19.2. The van der Waals surface area contributed by atoms with Gasteiger partial charge in [0.25, 0.3) is 5.91 Å². The number of anilines is 2. The van der Waals surface area contributed by atoms with Crippen molar-refractivity contribution < 1.29 is 13.2 Å². The molecule has 4 aromatic carbocycles. The Bertz CT molecular complexity index is 1750. The lowest BCUT2D eigenvalue weighted by Gasteiger charge is -2.31. The summed E-state index contributed by atoms with van der Waals surface area (Å²) < 4.78 is 30.1. The van der Waals surface area contributed by atoms with E-state index in [1.807, 2.05) is 59.2 Å². The van der Waals surface area contributed by atoms with E-state index in [2.05, 4.69) is 0 Å². The highest BCUT2D eigenvalue weighted by Gasteiger charge is 2.36. The Labute approximate surface area is 207 Å². The molecule has 1 aromatic heterocycles. The Hall–Kier alpha value is -4.43. The van der Waals surface area contributed by atoms with Gasteiger partial charge in [-0.05, 0) is 42.0 Å². The van der Waals surface area contributed by atoms with E-state index >= 15 is 0 Å². The number of benzene rings is 4. The second-order valence-electron chi connectivity index (χ2n) is 8.64. The fourth-order valence-corrected chi connectivity index (χ4v) is 6.46. The van der Waals surface area contributed by atoms with Crippen molar-refractivity contribution in [1.82, 2.24) is 9.13 Å². The van der Waals surface area contributed by atoms with Gasteiger partial charge < -0.3 is 9.13 Å². The van der Waals surface area contributed by atoms with Crippen LogP contribution in [0, 0.1) is 5.41 Å². The number of nitrogens with one attached hydrogen (secondary N) is 1. The Morgan fingerprint density at radius 2 is 1.17 bits per heavy atom. The largest absolute Gasteiger partial charge is 0.306 e. The van der Waals surface area contributed by atoms with E-state index in [1.54, 1.807) is 41.0 Å². The standard InChI is InChI=1S/C28H22N4O3S/c29-28-30(18-20-10-2-1-3-11-20)21-12-4-5-13-22(21)31(28)19-27(33)32-23-14-6-8-16-25(23)36(34,35)26-17-9-7-15-24(26)32/h1-17,29H,18-19H2. The summed E-state index contributed by atoms with van der Waals surface area (Å²) in [6.07, 6.45) is 0. The Balaban J connectivity index is 1.47. The molecule has 178 valence electrons. The number of aromatic nitrogens is 2. The van der Waals surface area contributed by atoms with E-state index in [1.165, 1.54) is 17.0 Å². The lowest BCUT2D eigenvalue weighted by Crippen LogP contribution is -2.37. The summed E-state index contributed by atoms with van der Waals surface area (Å²) in [5, 5.41) is 8.94. The van der Waals surface area contributed by atoms with E-state index in [4.69, 9.17) is 5.41 Å². The first kappa shape index (κ1) is 22.1. The Kier molecular flexibility index (Phi) is 5.12. The average molecular weight is 495 g/mol. The molecule has 0 atom stereocenters. The van der Waals surface area contributed by atoms with Gasteiger partial charge in [0.15, 0.2) is 0 Å². The van der Waals surface area contributed by atoms with Gasteiger partial charge in [-0.1, -0.05) is 66.7 Å². The average Bonchev–Trinajstić information content (AvgIpc) is 3.15. The van der Waals surface area contributed by atoms with Gasteiger partial charge in [-0.3, -0.25) is 15.1 Å². The molecule has 5 aromatic rings. The van der Waals surface area contributed by atoms with Gasteiger partial charge in [-0.15, -0.1) is 0 Å². The van der Waals surface area contributed by atoms with E-state index in [0.29, 0.717) is 17.9 Å². The van der Waals surface area contributed by atoms with Crippen LogP contribution in [0.15, 0.2) is 113 Å². The van der Waals surface area contributed by atoms with Crippen molar-refractivity contribution in [2.75, 3.05) is 4.90 Å². The maximum absolute atomic E-state index is 13.9. The molecule has 0 saturated carbocycles. The third-order valence-electron chi connectivity index (χ3n) is 6.49. The highest BCUT2D eigenvalue weighted by atomic mass is 32.2. The molecular weight excluding hydrogens is 472 g/mol. The number of nitrogens with zero attached hydrogens (tertiary/aromatic N) is 3. The molecule has 36 heavy (non-hydrogen) atoms. The number of carbonyl (C=O) groups excluding carboxylic acids is 1. The number of amides is 1. The third kappa shape index (κ3) is 3.37. The van der Waals surface area contributed by atoms with Crippen LogP contribution in [0.4, 0.5) is 11.4 Å². The number of para-hydroxylation sites is 4. The molecule has 0 spiro atoms. The lowest BCUT2D eigenvalue weighted by molar-refractivity contribution is -0.118. The van der Waals surface area contributed by atoms with Crippen molar-refractivity contribution in [2.24, 2.45) is 0 Å². The second-order valence-corrected chi connectivity index (χ2v) is 10.5. The molecule has 1 aliphatic rings. The number of rotatable bonds is 4. The van der Waals surface area contributed by atoms with Gasteiger partial charge in [0, 0.05) is 0 Å². The minimum Gasteiger partial charge on any atom is -0.306 e. The van der Waals surface area contributed by atoms with E-state index < -0.39 is 9.84 Å². The number of hydrogen-bond donors (Lipinski definition) is 1. The minimum atomic E-state index is -3.76. The molecule has 0 unspecified atom stereocenters. The smallest absolute Gasteiger partial charge is 0.251 e. The normalized spacial score (nSPS) is 13.8. The summed E-state index contributed by atoms with van der Waals surface area (Å²) >= 11 is 0. The van der Waals surface area contributed by atoms with Crippen molar-refractivity contribution in [3.8, 4) is 0 Å². The molecule has 0 saturated heterocycles. The van der Waals surface area contributed by atoms with Crippen LogP contribution in [-0.4, -0.2) is 23.5 Å². The summed E-state index contributed by atoms with van der Waals surface area (Å²) in [5.41, 5.74) is 3.50. The van der Waals surface area contributed by atoms with Crippen molar-refractivity contribution in [2.45, 2.75) is 22.9 Å². The topological polar surface area (TPSA) is 88.2 Å². The van der Waals surface area contributed by atoms with E-state index in [9.17, 15) is 13.2 Å². The van der Waals surface area contributed by atoms with Gasteiger partial charge in [0.1, 0.15) is 6.54 Å². The molecule has 0 bridgehead atoms. The fourth-order valence-electron chi connectivity index (χ4n) is 4.84. The molecule has 0 radical (unpaired) electrons. The van der Waals surface area contributed by atoms with Crippen LogP contribution in [0.2, 0.25) is 0 Å². The van der Waals surface area contributed by atoms with Crippen molar-refractivity contribution in [3.05, 3.63) is 114 Å². The van der Waals surface area contributed by atoms with Crippen LogP contribution < -0.4 is 10.5 Å². The molecule has 6 rings (SSSR count). The SMILES string of the molecule is N=c1n(CC(=O)N2c3ccccc3S(=O)(=O)c3ccccc32)c2ccccc2n1Cc1ccccc1. The van der Waals surface area contributed by atoms with Gasteiger partial charge in [0.05, 0.1) is 38.7 Å². The molecule has 0 aliphatic carbocycles. The molecule has 1 amide bonds. The Morgan fingerprint density at radius 3 is 1.78 bits per heavy atom. The molecule has 0 fully saturated rings. The van der Waals surface area contributed by atoms with Crippen LogP contribution >= 0.6 is 0 Å². The summed E-state index contributed by atoms with van der Waals surface area (Å²) in [4.78, 5) is 15.5. The highest BCUT2D eigenvalue weighted by Crippen LogP contribution is 2.43. The van der Waals surface area contributed by atoms with E-state index in [0.717, 1.165) is 16.6 Å². The zero-order valence-corrected chi connectivity index (χ0v) is 20.0. The van der Waals surface area contributed by atoms with Crippen LogP contribution in [0.3, 0.4) is 0 Å². The van der Waals surface area contributed by atoms with Crippen LogP contribution in [0.25, 0.3) is 11.0 Å². The number of imidazole rings is 1. The second kappa shape index (κ2) is 8.35. The first-order valence-corrected chi connectivity index (χ1v) is 13.0. The molecule has 1 N–H and O–H groups in total. The first-order chi connectivity index (χ1) is 17.5. The summed E-state index contributed by atoms with van der Waals surface area (Å²) in [7, 11) is -3.76. The molecule has 8 heteroatoms. The van der Waals surface area contributed by atoms with Crippen LogP contribution in [0.5, 0.6) is 0 Å². The number of hydrogen-bond acceptors (Lipinski definition) is 4. The minimum absolute atomic E-state index is 0.0969. The summed E-state index contributed by atoms with van der Waals surface area (Å²) in [6.45, 7) is 0.374. The number of carbonyl (C=O) groups is 1. The van der Waals surface area contributed by atoms with Gasteiger partial charge in [-0.25, -0.2) is 8.42 Å². The van der Waals surface area contributed by atoms with Gasteiger partial charge in [-0.2, -0.15) is 0 Å². The fraction of sp³-hybridized carbons (Fsp3) is 0.0714. The third-order valence-corrected chi connectivity index (χ3v) is 8.34. The first-order valence-electron chi connectivity index (χ1n) is 11.5. The predicted molar refractivity (Wildman–Crippen MR) is 137 cm³/mol. The molecular formula is C28H22N4O3S. The molecule has 2 heterocycles. The highest BCUT2D eigenvalue weighted by molar-refractivity contribution is 7.92. The Morgan fingerprint density at radius 1 is 0.667 bits per heavy atom. The van der Waals surface area contributed by atoms with Crippen molar-refractivity contribution in [1.29, 1.82) is 5.41 Å². The maximum Gasteiger partial charge on any atom is 0.251 e.